The third kappa shape index (κ3) is 5.02. The van der Waals surface area contributed by atoms with Crippen molar-refractivity contribution in [2.75, 3.05) is 0 Å². The quantitative estimate of drug-likeness (QED) is 0.324. The van der Waals surface area contributed by atoms with E-state index < -0.39 is 22.1 Å². The molecule has 0 saturated carbocycles. The van der Waals surface area contributed by atoms with E-state index in [9.17, 15) is 23.1 Å². The number of aromatic carboxylic acids is 1. The fraction of sp³-hybridized carbons (Fsp3) is 0.241. The minimum absolute atomic E-state index is 0.0307. The van der Waals surface area contributed by atoms with Crippen LogP contribution in [0, 0.1) is 20.8 Å². The highest BCUT2D eigenvalue weighted by Crippen LogP contribution is 2.40. The molecule has 0 bridgehead atoms. The second-order valence-electron chi connectivity index (χ2n) is 8.98. The van der Waals surface area contributed by atoms with Crippen molar-refractivity contribution in [2.24, 2.45) is 0 Å². The van der Waals surface area contributed by atoms with Gasteiger partial charge in [-0.25, -0.2) is 4.79 Å². The van der Waals surface area contributed by atoms with Crippen LogP contribution in [0.3, 0.4) is 0 Å². The van der Waals surface area contributed by atoms with Crippen molar-refractivity contribution in [3.8, 4) is 5.75 Å². The third-order valence-electron chi connectivity index (χ3n) is 6.63. The number of carbonyl (C=O) groups excluding carboxylic acids is 2. The lowest BCUT2D eigenvalue weighted by molar-refractivity contribution is -0.255. The summed E-state index contributed by atoms with van der Waals surface area (Å²) in [5, 5.41) is 11.6. The summed E-state index contributed by atoms with van der Waals surface area (Å²) in [4.78, 5) is 24.3. The maximum absolute atomic E-state index is 13.3. The van der Waals surface area contributed by atoms with Crippen molar-refractivity contribution in [3.63, 3.8) is 0 Å². The number of allylic oxidation sites excluding steroid dienone is 1. The number of hydrogen-bond donors (Lipinski definition) is 0. The molecule has 0 aromatic heterocycles. The van der Waals surface area contributed by atoms with Crippen LogP contribution in [-0.4, -0.2) is 20.4 Å². The SMILES string of the molecule is CCc1c(C)c2c(c(OS(=O)(=O)c3ccc(C)cc3)c1C/C=C/c1c(C)cccc1C(=O)[O-])C(=O)OC2. The highest BCUT2D eigenvalue weighted by atomic mass is 32.2. The molecule has 192 valence electrons. The molecule has 0 unspecified atom stereocenters. The Hall–Kier alpha value is -3.91. The smallest absolute Gasteiger partial charge is 0.342 e. The van der Waals surface area contributed by atoms with Gasteiger partial charge in [0.25, 0.3) is 0 Å². The molecule has 0 fully saturated rings. The number of rotatable bonds is 8. The van der Waals surface area contributed by atoms with E-state index in [0.717, 1.165) is 22.3 Å². The van der Waals surface area contributed by atoms with Crippen LogP contribution in [0.2, 0.25) is 0 Å². The summed E-state index contributed by atoms with van der Waals surface area (Å²) in [7, 11) is -4.26. The van der Waals surface area contributed by atoms with Gasteiger partial charge in [0, 0.05) is 16.7 Å². The molecule has 1 aliphatic rings. The van der Waals surface area contributed by atoms with E-state index in [2.05, 4.69) is 0 Å². The van der Waals surface area contributed by atoms with Crippen molar-refractivity contribution in [1.82, 2.24) is 0 Å². The van der Waals surface area contributed by atoms with Gasteiger partial charge in [-0.15, -0.1) is 0 Å². The highest BCUT2D eigenvalue weighted by molar-refractivity contribution is 7.87. The number of hydrogen-bond acceptors (Lipinski definition) is 7. The van der Waals surface area contributed by atoms with Gasteiger partial charge in [0.15, 0.2) is 5.75 Å². The van der Waals surface area contributed by atoms with Gasteiger partial charge in [-0.1, -0.05) is 55.0 Å². The molecule has 37 heavy (non-hydrogen) atoms. The van der Waals surface area contributed by atoms with Crippen molar-refractivity contribution >= 4 is 28.1 Å². The van der Waals surface area contributed by atoms with Gasteiger partial charge in [0.1, 0.15) is 17.1 Å². The molecule has 0 atom stereocenters. The molecule has 0 spiro atoms. The molecule has 1 aliphatic heterocycles. The van der Waals surface area contributed by atoms with E-state index >= 15 is 0 Å². The zero-order valence-electron chi connectivity index (χ0n) is 21.1. The second-order valence-corrected chi connectivity index (χ2v) is 10.5. The number of cyclic esters (lactones) is 1. The molecule has 1 heterocycles. The Morgan fingerprint density at radius 1 is 1.08 bits per heavy atom. The monoisotopic (exact) mass is 519 g/mol. The first kappa shape index (κ1) is 26.2. The lowest BCUT2D eigenvalue weighted by Gasteiger charge is -2.19. The number of ether oxygens (including phenoxy) is 1. The van der Waals surface area contributed by atoms with E-state index in [-0.39, 0.29) is 34.8 Å². The maximum Gasteiger partial charge on any atom is 0.342 e. The zero-order valence-corrected chi connectivity index (χ0v) is 21.9. The Labute approximate surface area is 216 Å². The third-order valence-corrected chi connectivity index (χ3v) is 7.87. The van der Waals surface area contributed by atoms with Gasteiger partial charge < -0.3 is 18.8 Å². The van der Waals surface area contributed by atoms with Crippen molar-refractivity contribution in [2.45, 2.75) is 52.0 Å². The van der Waals surface area contributed by atoms with E-state index in [1.165, 1.54) is 18.2 Å². The Kier molecular flexibility index (Phi) is 7.23. The minimum atomic E-state index is -4.26. The number of aryl methyl sites for hydroxylation is 2. The Bertz CT molecular complexity index is 1530. The lowest BCUT2D eigenvalue weighted by atomic mass is 9.89. The van der Waals surface area contributed by atoms with Gasteiger partial charge >= 0.3 is 16.1 Å². The predicted molar refractivity (Wildman–Crippen MR) is 137 cm³/mol. The Morgan fingerprint density at radius 3 is 2.43 bits per heavy atom. The first-order chi connectivity index (χ1) is 17.5. The average molecular weight is 520 g/mol. The Balaban J connectivity index is 1.85. The molecule has 7 nitrogen and oxygen atoms in total. The molecule has 0 amide bonds. The zero-order chi connectivity index (χ0) is 26.9. The number of carboxylic acid groups (broad SMARTS) is 1. The Morgan fingerprint density at radius 2 is 1.78 bits per heavy atom. The van der Waals surface area contributed by atoms with Crippen LogP contribution in [0.5, 0.6) is 5.75 Å². The molecule has 0 saturated heterocycles. The fourth-order valence-corrected chi connectivity index (χ4v) is 5.62. The second kappa shape index (κ2) is 10.2. The minimum Gasteiger partial charge on any atom is -0.545 e. The molecular weight excluding hydrogens is 492 g/mol. The largest absolute Gasteiger partial charge is 0.545 e. The fourth-order valence-electron chi connectivity index (χ4n) is 4.65. The first-order valence-electron chi connectivity index (χ1n) is 11.9. The van der Waals surface area contributed by atoms with Gasteiger partial charge in [-0.2, -0.15) is 8.42 Å². The number of fused-ring (bicyclic) bond motifs is 1. The number of carboxylic acids is 1. The maximum atomic E-state index is 13.3. The summed E-state index contributed by atoms with van der Waals surface area (Å²) < 4.78 is 37.5. The molecule has 8 heteroatoms. The van der Waals surface area contributed by atoms with Gasteiger partial charge in [0.2, 0.25) is 0 Å². The van der Waals surface area contributed by atoms with E-state index in [4.69, 9.17) is 8.92 Å². The van der Waals surface area contributed by atoms with Crippen LogP contribution in [0.4, 0.5) is 0 Å². The van der Waals surface area contributed by atoms with Crippen molar-refractivity contribution in [3.05, 3.63) is 98.6 Å². The van der Waals surface area contributed by atoms with Crippen LogP contribution < -0.4 is 9.29 Å². The summed E-state index contributed by atoms with van der Waals surface area (Å²) in [6.07, 6.45) is 4.16. The molecule has 3 aromatic carbocycles. The number of esters is 1. The van der Waals surface area contributed by atoms with Gasteiger partial charge in [-0.05, 0) is 68.0 Å². The van der Waals surface area contributed by atoms with Crippen LogP contribution in [0.15, 0.2) is 53.4 Å². The van der Waals surface area contributed by atoms with Crippen LogP contribution >= 0.6 is 0 Å². The summed E-state index contributed by atoms with van der Waals surface area (Å²) in [6.45, 7) is 7.50. The molecule has 0 N–H and O–H groups in total. The summed E-state index contributed by atoms with van der Waals surface area (Å²) in [5.74, 6) is -1.98. The van der Waals surface area contributed by atoms with E-state index in [1.807, 2.05) is 20.8 Å². The summed E-state index contributed by atoms with van der Waals surface area (Å²) in [5.41, 5.74) is 5.14. The summed E-state index contributed by atoms with van der Waals surface area (Å²) in [6, 6.07) is 11.2. The highest BCUT2D eigenvalue weighted by Gasteiger charge is 2.34. The van der Waals surface area contributed by atoms with Crippen molar-refractivity contribution in [1.29, 1.82) is 0 Å². The molecular formula is C29H27O7S-. The van der Waals surface area contributed by atoms with E-state index in [0.29, 0.717) is 23.1 Å². The summed E-state index contributed by atoms with van der Waals surface area (Å²) >= 11 is 0. The lowest BCUT2D eigenvalue weighted by Crippen LogP contribution is -2.23. The van der Waals surface area contributed by atoms with Crippen molar-refractivity contribution < 1.29 is 32.0 Å². The average Bonchev–Trinajstić information content (AvgIpc) is 3.24. The number of benzene rings is 3. The first-order valence-corrected chi connectivity index (χ1v) is 13.3. The topological polar surface area (TPSA) is 110 Å². The van der Waals surface area contributed by atoms with Gasteiger partial charge in [-0.3, -0.25) is 0 Å². The van der Waals surface area contributed by atoms with E-state index in [1.54, 1.807) is 43.3 Å². The predicted octanol–water partition coefficient (Wildman–Crippen LogP) is 4.23. The molecule has 0 radical (unpaired) electrons. The normalized spacial score (nSPS) is 13.0. The van der Waals surface area contributed by atoms with Crippen LogP contribution in [-0.2, 0) is 34.3 Å². The van der Waals surface area contributed by atoms with Gasteiger partial charge in [0.05, 0.1) is 5.97 Å². The van der Waals surface area contributed by atoms with Crippen LogP contribution in [0.25, 0.3) is 6.08 Å². The number of carbonyl (C=O) groups is 2. The molecule has 4 rings (SSSR count). The molecule has 3 aromatic rings. The molecule has 0 aliphatic carbocycles. The standard InChI is InChI=1S/C29H28O7S/c1-5-21-19(4)25-16-35-29(32)26(25)27(36-37(33,34)20-14-12-17(2)13-15-20)23(21)10-7-9-22-18(3)8-6-11-24(22)28(30)31/h6-9,11-15H,5,10,16H2,1-4H3,(H,30,31)/p-1/b9-7+. The van der Waals surface area contributed by atoms with Crippen LogP contribution in [0.1, 0.15) is 66.6 Å².